The molecule has 0 aromatic heterocycles. The second-order valence-electron chi connectivity index (χ2n) is 13.1. The molecule has 0 aromatic carbocycles. The first-order valence-corrected chi connectivity index (χ1v) is 20.0. The fourth-order valence-corrected chi connectivity index (χ4v) is 6.56. The van der Waals surface area contributed by atoms with Gasteiger partial charge in [0.2, 0.25) is 0 Å². The molecule has 0 aromatic rings. The van der Waals surface area contributed by atoms with Gasteiger partial charge in [-0.1, -0.05) is 109 Å². The second kappa shape index (κ2) is 27.8. The minimum absolute atomic E-state index is 0.0767. The van der Waals surface area contributed by atoms with E-state index in [1.165, 1.54) is 57.8 Å². The molecule has 6 atom stereocenters. The van der Waals surface area contributed by atoms with Crippen LogP contribution in [0.4, 0.5) is 0 Å². The molecule has 0 aliphatic heterocycles. The third-order valence-corrected chi connectivity index (χ3v) is 9.62. The van der Waals surface area contributed by atoms with Crippen LogP contribution in [-0.2, 0) is 27.9 Å². The molecule has 0 saturated heterocycles. The Kier molecular flexibility index (Phi) is 26.1. The summed E-state index contributed by atoms with van der Waals surface area (Å²) in [7, 11) is -5.00. The zero-order valence-electron chi connectivity index (χ0n) is 29.5. The highest BCUT2D eigenvalue weighted by atomic mass is 31.2. The van der Waals surface area contributed by atoms with E-state index in [1.807, 2.05) is 0 Å². The van der Waals surface area contributed by atoms with Gasteiger partial charge in [0.15, 0.2) is 0 Å². The molecule has 48 heavy (non-hydrogen) atoms. The monoisotopic (exact) mass is 710 g/mol. The number of hydrogen-bond donors (Lipinski definition) is 6. The van der Waals surface area contributed by atoms with Gasteiger partial charge >= 0.3 is 13.8 Å². The highest BCUT2D eigenvalue weighted by Crippen LogP contribution is 2.47. The van der Waals surface area contributed by atoms with E-state index in [9.17, 15) is 39.8 Å². The molecule has 1 saturated carbocycles. The minimum atomic E-state index is -5.00. The molecule has 284 valence electrons. The van der Waals surface area contributed by atoms with E-state index >= 15 is 0 Å². The van der Waals surface area contributed by atoms with E-state index in [-0.39, 0.29) is 13.0 Å². The Morgan fingerprint density at radius 3 is 1.67 bits per heavy atom. The van der Waals surface area contributed by atoms with Crippen LogP contribution in [-0.4, -0.2) is 98.9 Å². The number of aliphatic hydroxyl groups is 5. The number of carbonyl (C=O) groups excluding carboxylic acids is 1. The number of phosphoric ester groups is 1. The van der Waals surface area contributed by atoms with Crippen LogP contribution in [0.15, 0.2) is 12.2 Å². The van der Waals surface area contributed by atoms with Crippen LogP contribution in [0.2, 0.25) is 0 Å². The summed E-state index contributed by atoms with van der Waals surface area (Å²) in [5.74, 6) is -0.489. The summed E-state index contributed by atoms with van der Waals surface area (Å²) in [5.41, 5.74) is 0. The smallest absolute Gasteiger partial charge is 0.457 e. The van der Waals surface area contributed by atoms with Crippen LogP contribution in [0.1, 0.15) is 142 Å². The molecule has 0 radical (unpaired) electrons. The van der Waals surface area contributed by atoms with Crippen molar-refractivity contribution < 1.29 is 58.3 Å². The molecule has 13 heteroatoms. The molecule has 1 aliphatic carbocycles. The van der Waals surface area contributed by atoms with Crippen LogP contribution >= 0.6 is 7.82 Å². The summed E-state index contributed by atoms with van der Waals surface area (Å²) in [6.45, 7) is 4.17. The number of rotatable bonds is 30. The van der Waals surface area contributed by atoms with Gasteiger partial charge in [0, 0.05) is 13.0 Å². The van der Waals surface area contributed by atoms with Crippen molar-refractivity contribution in [3.05, 3.63) is 12.2 Å². The lowest BCUT2D eigenvalue weighted by atomic mass is 9.85. The number of carbonyl (C=O) groups is 1. The van der Waals surface area contributed by atoms with Crippen LogP contribution in [0.25, 0.3) is 0 Å². The second-order valence-corrected chi connectivity index (χ2v) is 14.5. The number of hydrogen-bond acceptors (Lipinski definition) is 11. The van der Waals surface area contributed by atoms with Crippen LogP contribution in [0.5, 0.6) is 0 Å². The van der Waals surface area contributed by atoms with E-state index in [1.54, 1.807) is 0 Å². The average Bonchev–Trinajstić information content (AvgIpc) is 3.06. The number of ether oxygens (including phenoxy) is 2. The molecule has 1 rings (SSSR count). The first-order chi connectivity index (χ1) is 23.0. The highest BCUT2D eigenvalue weighted by Gasteiger charge is 2.51. The quantitative estimate of drug-likeness (QED) is 0.0233. The Hall–Kier alpha value is -0.920. The lowest BCUT2D eigenvalue weighted by Crippen LogP contribution is -2.64. The summed E-state index contributed by atoms with van der Waals surface area (Å²) in [6, 6.07) is 0. The minimum Gasteiger partial charge on any atom is -0.457 e. The molecular formula is C35H67O12P. The Balaban J connectivity index is 2.49. The number of aliphatic hydroxyl groups excluding tert-OH is 5. The predicted molar refractivity (Wildman–Crippen MR) is 184 cm³/mol. The third kappa shape index (κ3) is 20.7. The molecule has 6 unspecified atom stereocenters. The van der Waals surface area contributed by atoms with Gasteiger partial charge in [-0.3, -0.25) is 13.8 Å². The molecular weight excluding hydrogens is 643 g/mol. The van der Waals surface area contributed by atoms with Crippen molar-refractivity contribution in [2.24, 2.45) is 0 Å². The largest absolute Gasteiger partial charge is 0.472 e. The normalized spacial score (nSPS) is 24.9. The van der Waals surface area contributed by atoms with Crippen molar-refractivity contribution in [2.45, 2.75) is 185 Å². The van der Waals surface area contributed by atoms with Crippen molar-refractivity contribution in [2.75, 3.05) is 19.8 Å². The first kappa shape index (κ1) is 45.1. The fraction of sp³-hybridized carbons (Fsp3) is 0.914. The number of allylic oxidation sites excluding steroid dienone is 2. The highest BCUT2D eigenvalue weighted by molar-refractivity contribution is 7.47. The predicted octanol–water partition coefficient (Wildman–Crippen LogP) is 5.63. The maximum Gasteiger partial charge on any atom is 0.472 e. The molecule has 0 bridgehead atoms. The van der Waals surface area contributed by atoms with Gasteiger partial charge in [-0.15, -0.1) is 0 Å². The summed E-state index contributed by atoms with van der Waals surface area (Å²) in [6.07, 6.45) is 13.1. The van der Waals surface area contributed by atoms with Crippen LogP contribution in [0, 0.1) is 0 Å². The lowest BCUT2D eigenvalue weighted by molar-refractivity contribution is -0.220. The van der Waals surface area contributed by atoms with Crippen molar-refractivity contribution in [3.8, 4) is 0 Å². The first-order valence-electron chi connectivity index (χ1n) is 18.5. The standard InChI is InChI=1S/C35H67O12P/c1-3-5-7-9-11-13-14-15-16-17-18-20-22-24-29(36)46-28(26-44-25-23-21-19-12-10-8-6-4-2)27-45-48(42,43)47-35-33(40)31(38)30(37)32(39)34(35)41/h13-14,28,30-35,37-41H,3-12,15-27H2,1-2H3,(H,42,43)/b14-13-. The molecule has 6 N–H and O–H groups in total. The van der Waals surface area contributed by atoms with Crippen molar-refractivity contribution in [1.82, 2.24) is 0 Å². The fourth-order valence-electron chi connectivity index (χ4n) is 5.58. The van der Waals surface area contributed by atoms with Crippen LogP contribution in [0.3, 0.4) is 0 Å². The van der Waals surface area contributed by atoms with Crippen molar-refractivity contribution >= 4 is 13.8 Å². The van der Waals surface area contributed by atoms with Gasteiger partial charge < -0.3 is 39.9 Å². The third-order valence-electron chi connectivity index (χ3n) is 8.64. The summed E-state index contributed by atoms with van der Waals surface area (Å²) in [4.78, 5) is 22.9. The zero-order valence-corrected chi connectivity index (χ0v) is 30.4. The van der Waals surface area contributed by atoms with Gasteiger partial charge in [0.1, 0.15) is 42.7 Å². The molecule has 1 aliphatic rings. The molecule has 0 heterocycles. The zero-order chi connectivity index (χ0) is 35.6. The molecule has 0 amide bonds. The van der Waals surface area contributed by atoms with Crippen LogP contribution < -0.4 is 0 Å². The Labute approximate surface area is 288 Å². The van der Waals surface area contributed by atoms with Crippen molar-refractivity contribution in [1.29, 1.82) is 0 Å². The summed E-state index contributed by atoms with van der Waals surface area (Å²) >= 11 is 0. The van der Waals surface area contributed by atoms with E-state index in [0.717, 1.165) is 57.8 Å². The van der Waals surface area contributed by atoms with Gasteiger partial charge in [-0.25, -0.2) is 4.57 Å². The Bertz CT molecular complexity index is 859. The summed E-state index contributed by atoms with van der Waals surface area (Å²) < 4.78 is 33.8. The molecule has 0 spiro atoms. The van der Waals surface area contributed by atoms with Gasteiger partial charge in [-0.2, -0.15) is 0 Å². The van der Waals surface area contributed by atoms with Gasteiger partial charge in [0.05, 0.1) is 13.2 Å². The SMILES string of the molecule is CCCCCC/C=C\CCCCCCCC(=O)OC(COCCCCCCCCCC)COP(=O)(O)OC1C(O)C(O)C(O)C(O)C1O. The van der Waals surface area contributed by atoms with Crippen molar-refractivity contribution in [3.63, 3.8) is 0 Å². The summed E-state index contributed by atoms with van der Waals surface area (Å²) in [5, 5.41) is 49.8. The molecule has 1 fully saturated rings. The van der Waals surface area contributed by atoms with E-state index in [4.69, 9.17) is 18.5 Å². The maximum absolute atomic E-state index is 12.7. The lowest BCUT2D eigenvalue weighted by Gasteiger charge is -2.41. The Morgan fingerprint density at radius 1 is 0.646 bits per heavy atom. The molecule has 12 nitrogen and oxygen atoms in total. The number of unbranched alkanes of at least 4 members (excludes halogenated alkanes) is 16. The number of esters is 1. The number of phosphoric acid groups is 1. The van der Waals surface area contributed by atoms with E-state index in [0.29, 0.717) is 13.0 Å². The maximum atomic E-state index is 12.7. The van der Waals surface area contributed by atoms with E-state index in [2.05, 4.69) is 26.0 Å². The van der Waals surface area contributed by atoms with Gasteiger partial charge in [-0.05, 0) is 38.5 Å². The van der Waals surface area contributed by atoms with Gasteiger partial charge in [0.25, 0.3) is 0 Å². The average molecular weight is 711 g/mol. The van der Waals surface area contributed by atoms with E-state index < -0.39 is 63.1 Å². The topological polar surface area (TPSA) is 192 Å². The Morgan fingerprint density at radius 2 is 1.10 bits per heavy atom.